The highest BCUT2D eigenvalue weighted by Crippen LogP contribution is 2.45. The summed E-state index contributed by atoms with van der Waals surface area (Å²) in [7, 11) is -3.84. The third-order valence-corrected chi connectivity index (χ3v) is 7.69. The number of imidazole rings is 1. The van der Waals surface area contributed by atoms with E-state index in [2.05, 4.69) is 20.0 Å². The van der Waals surface area contributed by atoms with Crippen molar-refractivity contribution in [3.63, 3.8) is 0 Å². The van der Waals surface area contributed by atoms with Crippen LogP contribution in [0.25, 0.3) is 11.2 Å². The fourth-order valence-electron chi connectivity index (χ4n) is 3.79. The number of aromatic nitrogens is 4. The Bertz CT molecular complexity index is 1360. The van der Waals surface area contributed by atoms with Gasteiger partial charge in [-0.1, -0.05) is 18.2 Å². The molecule has 2 aromatic heterocycles. The van der Waals surface area contributed by atoms with Crippen molar-refractivity contribution in [1.29, 1.82) is 0 Å². The van der Waals surface area contributed by atoms with Gasteiger partial charge in [-0.05, 0) is 38.3 Å². The molecule has 39 heavy (non-hydrogen) atoms. The maximum absolute atomic E-state index is 14.8. The highest BCUT2D eigenvalue weighted by atomic mass is 35.5. The number of carbonyl (C=O) groups is 1. The number of esters is 1. The first-order chi connectivity index (χ1) is 17.8. The number of fused-ring (bicyclic) bond motifs is 1. The number of ether oxygens (including phenoxy) is 3. The minimum Gasteiger partial charge on any atom is -0.461 e. The quantitative estimate of drug-likeness (QED) is 0.252. The lowest BCUT2D eigenvalue weighted by molar-refractivity contribution is -0.154. The molecule has 3 N–H and O–H groups in total. The average Bonchev–Trinajstić information content (AvgIpc) is 3.44. The number of nitrogen functional groups attached to an aromatic ring is 1. The van der Waals surface area contributed by atoms with Gasteiger partial charge in [-0.2, -0.15) is 0 Å². The predicted octanol–water partition coefficient (Wildman–Crippen LogP) is 4.28. The standard InChI is InChI=1S/C23H26FN6O6P.2ClH/c1-14(23(31)34-15-8-5-9-15)29-37(32,36-16-6-3-2-4-7-16)13-33-18-10-17(24)22(35-18)30-12-28-19-20(25)26-11-27-21(19)30;;/h2-4,6-7,10-12,14-15,18,22H,5,8-9,13H2,1H3,(H,29,32)(H2,25,26,27);2*1H/t14-,18-,22+,37?;;/m0../s1. The third kappa shape index (κ3) is 7.05. The van der Waals surface area contributed by atoms with Crippen molar-refractivity contribution >= 4 is 55.3 Å². The summed E-state index contributed by atoms with van der Waals surface area (Å²) >= 11 is 0. The third-order valence-electron chi connectivity index (χ3n) is 5.92. The molecule has 16 heteroatoms. The van der Waals surface area contributed by atoms with E-state index < -0.39 is 44.2 Å². The number of benzene rings is 1. The predicted molar refractivity (Wildman–Crippen MR) is 144 cm³/mol. The average molecular weight is 605 g/mol. The van der Waals surface area contributed by atoms with E-state index in [0.29, 0.717) is 11.3 Å². The maximum Gasteiger partial charge on any atom is 0.342 e. The number of nitrogens with zero attached hydrogens (tertiary/aromatic N) is 4. The molecule has 0 saturated heterocycles. The highest BCUT2D eigenvalue weighted by molar-refractivity contribution is 7.57. The second kappa shape index (κ2) is 13.0. The molecule has 212 valence electrons. The number of halogens is 3. The fourth-order valence-corrected chi connectivity index (χ4v) is 5.47. The van der Waals surface area contributed by atoms with Gasteiger partial charge in [0, 0.05) is 6.08 Å². The first kappa shape index (κ1) is 30.7. The number of para-hydroxylation sites is 1. The zero-order valence-electron chi connectivity index (χ0n) is 20.7. The molecule has 0 bridgehead atoms. The lowest BCUT2D eigenvalue weighted by Gasteiger charge is -2.28. The molecule has 5 rings (SSSR count). The minimum atomic E-state index is -3.84. The van der Waals surface area contributed by atoms with E-state index in [9.17, 15) is 13.8 Å². The Morgan fingerprint density at radius 2 is 2.00 bits per heavy atom. The molecule has 1 aliphatic carbocycles. The van der Waals surface area contributed by atoms with Crippen molar-refractivity contribution < 1.29 is 32.5 Å². The minimum absolute atomic E-state index is 0. The first-order valence-corrected chi connectivity index (χ1v) is 13.5. The molecule has 0 spiro atoms. The number of rotatable bonds is 10. The van der Waals surface area contributed by atoms with Crippen LogP contribution in [-0.4, -0.2) is 50.3 Å². The molecule has 12 nitrogen and oxygen atoms in total. The van der Waals surface area contributed by atoms with Crippen LogP contribution in [0.4, 0.5) is 10.2 Å². The molecule has 1 aromatic carbocycles. The summed E-state index contributed by atoms with van der Waals surface area (Å²) in [5.74, 6) is -0.756. The van der Waals surface area contributed by atoms with Crippen LogP contribution in [0, 0.1) is 0 Å². The Labute approximate surface area is 235 Å². The molecule has 1 saturated carbocycles. The number of carbonyl (C=O) groups excluding carboxylic acids is 1. The first-order valence-electron chi connectivity index (χ1n) is 11.7. The molecule has 0 amide bonds. The molecule has 3 aromatic rings. The van der Waals surface area contributed by atoms with Crippen LogP contribution in [0.2, 0.25) is 0 Å². The van der Waals surface area contributed by atoms with Gasteiger partial charge in [-0.15, -0.1) is 24.8 Å². The van der Waals surface area contributed by atoms with E-state index in [1.54, 1.807) is 30.3 Å². The van der Waals surface area contributed by atoms with Crippen LogP contribution in [0.15, 0.2) is 54.9 Å². The molecule has 1 unspecified atom stereocenters. The van der Waals surface area contributed by atoms with Crippen molar-refractivity contribution in [2.75, 3.05) is 12.1 Å². The van der Waals surface area contributed by atoms with Crippen molar-refractivity contribution in [3.05, 3.63) is 54.9 Å². The smallest absolute Gasteiger partial charge is 0.342 e. The number of nitrogens with one attached hydrogen (secondary N) is 1. The van der Waals surface area contributed by atoms with Crippen LogP contribution in [0.3, 0.4) is 0 Å². The van der Waals surface area contributed by atoms with Crippen molar-refractivity contribution in [3.8, 4) is 5.75 Å². The van der Waals surface area contributed by atoms with Gasteiger partial charge in [0.05, 0.1) is 6.33 Å². The summed E-state index contributed by atoms with van der Waals surface area (Å²) in [6, 6.07) is 7.49. The van der Waals surface area contributed by atoms with Gasteiger partial charge in [0.2, 0.25) is 0 Å². The van der Waals surface area contributed by atoms with E-state index in [4.69, 9.17) is 24.5 Å². The van der Waals surface area contributed by atoms with Gasteiger partial charge in [0.1, 0.15) is 29.7 Å². The molecule has 1 aliphatic heterocycles. The second-order valence-electron chi connectivity index (χ2n) is 8.71. The lowest BCUT2D eigenvalue weighted by Crippen LogP contribution is -2.39. The van der Waals surface area contributed by atoms with E-state index in [0.717, 1.165) is 25.3 Å². The summed E-state index contributed by atoms with van der Waals surface area (Å²) in [6.45, 7) is 1.53. The van der Waals surface area contributed by atoms with Gasteiger partial charge in [-0.3, -0.25) is 13.9 Å². The summed E-state index contributed by atoms with van der Waals surface area (Å²) in [6.07, 6.45) is 3.22. The number of anilines is 1. The zero-order valence-corrected chi connectivity index (χ0v) is 23.2. The van der Waals surface area contributed by atoms with Crippen LogP contribution >= 0.6 is 32.3 Å². The molecule has 3 heterocycles. The number of nitrogens with two attached hydrogens (primary N) is 1. The van der Waals surface area contributed by atoms with Crippen LogP contribution in [0.5, 0.6) is 5.75 Å². The van der Waals surface area contributed by atoms with Gasteiger partial charge in [-0.25, -0.2) is 24.4 Å². The molecule has 1 fully saturated rings. The summed E-state index contributed by atoms with van der Waals surface area (Å²) in [5, 5.41) is 2.72. The van der Waals surface area contributed by atoms with Crippen molar-refractivity contribution in [2.45, 2.75) is 50.8 Å². The molecular formula is C23H28Cl2FN6O6P. The normalized spacial score (nSPS) is 21.0. The highest BCUT2D eigenvalue weighted by Gasteiger charge is 2.36. The number of hydrogen-bond acceptors (Lipinski definition) is 10. The Hall–Kier alpha value is -2.80. The SMILES string of the molecule is C[C@H](NP(=O)(CO[C@@H]1C=C(F)[C@H](n2cnc3c(N)ncnc32)O1)Oc1ccccc1)C(=O)OC1CCC1.Cl.Cl. The van der Waals surface area contributed by atoms with Gasteiger partial charge in [0.25, 0.3) is 0 Å². The Morgan fingerprint density at radius 3 is 2.69 bits per heavy atom. The monoisotopic (exact) mass is 604 g/mol. The number of hydrogen-bond donors (Lipinski definition) is 2. The van der Waals surface area contributed by atoms with Crippen LogP contribution in [-0.2, 0) is 23.6 Å². The maximum atomic E-state index is 14.8. The largest absolute Gasteiger partial charge is 0.461 e. The topological polar surface area (TPSA) is 153 Å². The fraction of sp³-hybridized carbons (Fsp3) is 0.391. The summed E-state index contributed by atoms with van der Waals surface area (Å²) in [4.78, 5) is 24.5. The Kier molecular flexibility index (Phi) is 10.3. The van der Waals surface area contributed by atoms with Crippen molar-refractivity contribution in [2.24, 2.45) is 0 Å². The van der Waals surface area contributed by atoms with Gasteiger partial charge in [0.15, 0.2) is 36.2 Å². The van der Waals surface area contributed by atoms with Crippen molar-refractivity contribution in [1.82, 2.24) is 24.6 Å². The summed E-state index contributed by atoms with van der Waals surface area (Å²) < 4.78 is 52.4. The van der Waals surface area contributed by atoms with E-state index >= 15 is 0 Å². The zero-order chi connectivity index (χ0) is 26.0. The summed E-state index contributed by atoms with van der Waals surface area (Å²) in [5.41, 5.74) is 6.38. The Morgan fingerprint density at radius 1 is 1.26 bits per heavy atom. The van der Waals surface area contributed by atoms with E-state index in [-0.39, 0.29) is 42.4 Å². The molecule has 4 atom stereocenters. The van der Waals surface area contributed by atoms with E-state index in [1.807, 2.05) is 0 Å². The van der Waals surface area contributed by atoms with Crippen LogP contribution in [0.1, 0.15) is 32.4 Å². The van der Waals surface area contributed by atoms with Gasteiger partial charge < -0.3 is 24.5 Å². The molecular weight excluding hydrogens is 577 g/mol. The molecule has 0 radical (unpaired) electrons. The Balaban J connectivity index is 0.00000210. The lowest BCUT2D eigenvalue weighted by atomic mass is 9.96. The van der Waals surface area contributed by atoms with Gasteiger partial charge >= 0.3 is 13.5 Å². The van der Waals surface area contributed by atoms with Crippen LogP contribution < -0.4 is 15.3 Å². The second-order valence-corrected chi connectivity index (χ2v) is 10.8. The van der Waals surface area contributed by atoms with E-state index in [1.165, 1.54) is 24.1 Å². The molecule has 2 aliphatic rings.